The number of piperazine rings is 1. The van der Waals surface area contributed by atoms with Gasteiger partial charge in [-0.1, -0.05) is 6.07 Å². The topological polar surface area (TPSA) is 99.6 Å². The highest BCUT2D eigenvalue weighted by Crippen LogP contribution is 2.36. The highest BCUT2D eigenvalue weighted by atomic mass is 32.1. The average molecular weight is 531 g/mol. The van der Waals surface area contributed by atoms with E-state index in [-0.39, 0.29) is 5.91 Å². The van der Waals surface area contributed by atoms with Gasteiger partial charge in [0.2, 0.25) is 5.95 Å². The average Bonchev–Trinajstić information content (AvgIpc) is 3.27. The second kappa shape index (κ2) is 10.5. The number of hydrogen-bond donors (Lipinski definition) is 1. The van der Waals surface area contributed by atoms with Crippen molar-refractivity contribution in [3.63, 3.8) is 0 Å². The molecule has 0 spiro atoms. The quantitative estimate of drug-likeness (QED) is 0.415. The number of aromatic nitrogens is 4. The third kappa shape index (κ3) is 4.86. The molecule has 196 valence electrons. The Morgan fingerprint density at radius 3 is 2.47 bits per heavy atom. The largest absolute Gasteiger partial charge is 0.378 e. The van der Waals surface area contributed by atoms with Gasteiger partial charge in [-0.2, -0.15) is 4.98 Å². The number of hydrogen-bond acceptors (Lipinski definition) is 10. The Balaban J connectivity index is 1.22. The van der Waals surface area contributed by atoms with Crippen molar-refractivity contribution in [2.75, 3.05) is 67.6 Å². The molecule has 2 saturated heterocycles. The van der Waals surface area contributed by atoms with Crippen LogP contribution in [0.4, 0.5) is 23.3 Å². The van der Waals surface area contributed by atoms with Crippen molar-refractivity contribution in [3.8, 4) is 0 Å². The zero-order valence-corrected chi connectivity index (χ0v) is 22.4. The second-order valence-electron chi connectivity index (χ2n) is 9.46. The molecule has 2 aliphatic heterocycles. The predicted molar refractivity (Wildman–Crippen MR) is 150 cm³/mol. The van der Waals surface area contributed by atoms with Gasteiger partial charge in [0.25, 0.3) is 5.91 Å². The number of fused-ring (bicyclic) bond motifs is 1. The van der Waals surface area contributed by atoms with Gasteiger partial charge >= 0.3 is 0 Å². The van der Waals surface area contributed by atoms with Gasteiger partial charge in [0.15, 0.2) is 0 Å². The lowest BCUT2D eigenvalue weighted by atomic mass is 10.2. The van der Waals surface area contributed by atoms with E-state index in [9.17, 15) is 4.79 Å². The first-order chi connectivity index (χ1) is 18.6. The van der Waals surface area contributed by atoms with E-state index in [2.05, 4.69) is 38.9 Å². The minimum Gasteiger partial charge on any atom is -0.378 e. The lowest BCUT2D eigenvalue weighted by molar-refractivity contribution is 0.0740. The Bertz CT molecular complexity index is 1430. The van der Waals surface area contributed by atoms with Gasteiger partial charge in [-0.25, -0.2) is 9.97 Å². The Morgan fingerprint density at radius 2 is 1.76 bits per heavy atom. The third-order valence-electron chi connectivity index (χ3n) is 7.10. The number of ether oxygens (including phenoxy) is 1. The van der Waals surface area contributed by atoms with E-state index < -0.39 is 0 Å². The van der Waals surface area contributed by atoms with Crippen molar-refractivity contribution in [1.82, 2.24) is 24.8 Å². The van der Waals surface area contributed by atoms with Crippen LogP contribution in [0.15, 0.2) is 42.7 Å². The standard InChI is InChI=1S/C27H30N8O2S/c1-18-19(2)38-25-23(18)24(30-20-6-7-22(29-17-20)33-13-15-37-16-14-33)31-27(32-25)35-11-9-34(10-12-35)26(36)21-5-3-4-8-28-21/h3-8,17H,9-16H2,1-2H3,(H,30,31,32). The molecule has 0 unspecified atom stereocenters. The van der Waals surface area contributed by atoms with Crippen LogP contribution in [0.1, 0.15) is 20.9 Å². The van der Waals surface area contributed by atoms with Crippen LogP contribution >= 0.6 is 11.3 Å². The minimum absolute atomic E-state index is 0.0403. The number of nitrogens with zero attached hydrogens (tertiary/aromatic N) is 7. The molecule has 0 atom stereocenters. The monoisotopic (exact) mass is 530 g/mol. The van der Waals surface area contributed by atoms with Crippen LogP contribution in [0.3, 0.4) is 0 Å². The smallest absolute Gasteiger partial charge is 0.272 e. The number of amides is 1. The van der Waals surface area contributed by atoms with Crippen LogP contribution in [-0.2, 0) is 4.74 Å². The lowest BCUT2D eigenvalue weighted by Crippen LogP contribution is -2.49. The summed E-state index contributed by atoms with van der Waals surface area (Å²) in [4.78, 5) is 40.0. The molecule has 1 amide bonds. The van der Waals surface area contributed by atoms with E-state index in [1.54, 1.807) is 23.6 Å². The summed E-state index contributed by atoms with van der Waals surface area (Å²) in [6, 6.07) is 9.49. The highest BCUT2D eigenvalue weighted by molar-refractivity contribution is 7.18. The Kier molecular flexibility index (Phi) is 6.77. The summed E-state index contributed by atoms with van der Waals surface area (Å²) in [5.41, 5.74) is 2.53. The summed E-state index contributed by atoms with van der Waals surface area (Å²) in [5, 5.41) is 4.55. The molecule has 4 aromatic heterocycles. The van der Waals surface area contributed by atoms with Crippen LogP contribution in [-0.4, -0.2) is 83.2 Å². The van der Waals surface area contributed by atoms with Crippen molar-refractivity contribution in [1.29, 1.82) is 0 Å². The maximum Gasteiger partial charge on any atom is 0.272 e. The van der Waals surface area contributed by atoms with Crippen molar-refractivity contribution in [2.24, 2.45) is 0 Å². The number of carbonyl (C=O) groups is 1. The third-order valence-corrected chi connectivity index (χ3v) is 8.20. The predicted octanol–water partition coefficient (Wildman–Crippen LogP) is 3.64. The lowest BCUT2D eigenvalue weighted by Gasteiger charge is -2.34. The normalized spacial score (nSPS) is 16.2. The zero-order valence-electron chi connectivity index (χ0n) is 21.6. The van der Waals surface area contributed by atoms with Gasteiger partial charge in [-0.15, -0.1) is 11.3 Å². The fourth-order valence-corrected chi connectivity index (χ4v) is 5.83. The molecule has 0 aromatic carbocycles. The Labute approximate surface area is 225 Å². The van der Waals surface area contributed by atoms with Crippen LogP contribution in [0.2, 0.25) is 0 Å². The number of rotatable bonds is 5. The van der Waals surface area contributed by atoms with Gasteiger partial charge < -0.3 is 24.8 Å². The molecule has 0 radical (unpaired) electrons. The van der Waals surface area contributed by atoms with Crippen molar-refractivity contribution in [3.05, 3.63) is 58.9 Å². The van der Waals surface area contributed by atoms with E-state index in [0.29, 0.717) is 37.8 Å². The van der Waals surface area contributed by atoms with Crippen LogP contribution < -0.4 is 15.1 Å². The molecular formula is C27H30N8O2S. The van der Waals surface area contributed by atoms with Gasteiger partial charge in [-0.05, 0) is 43.7 Å². The van der Waals surface area contributed by atoms with E-state index in [1.165, 1.54) is 10.4 Å². The fourth-order valence-electron chi connectivity index (χ4n) is 4.81. The van der Waals surface area contributed by atoms with Crippen molar-refractivity contribution < 1.29 is 9.53 Å². The summed E-state index contributed by atoms with van der Waals surface area (Å²) in [6.45, 7) is 9.89. The maximum absolute atomic E-state index is 12.8. The number of carbonyl (C=O) groups excluding carboxylic acids is 1. The molecule has 11 heteroatoms. The molecule has 4 aromatic rings. The summed E-state index contributed by atoms with van der Waals surface area (Å²) in [7, 11) is 0. The summed E-state index contributed by atoms with van der Waals surface area (Å²) < 4.78 is 5.46. The molecule has 10 nitrogen and oxygen atoms in total. The molecule has 2 aliphatic rings. The van der Waals surface area contributed by atoms with Crippen LogP contribution in [0.25, 0.3) is 10.2 Å². The van der Waals surface area contributed by atoms with E-state index >= 15 is 0 Å². The van der Waals surface area contributed by atoms with Gasteiger partial charge in [-0.3, -0.25) is 9.78 Å². The Hall–Kier alpha value is -3.83. The maximum atomic E-state index is 12.8. The first-order valence-electron chi connectivity index (χ1n) is 12.9. The van der Waals surface area contributed by atoms with Crippen LogP contribution in [0, 0.1) is 13.8 Å². The number of aryl methyl sites for hydroxylation is 2. The molecule has 6 rings (SSSR count). The molecular weight excluding hydrogens is 500 g/mol. The zero-order chi connectivity index (χ0) is 26.1. The number of morpholine rings is 1. The first kappa shape index (κ1) is 24.5. The molecule has 1 N–H and O–H groups in total. The second-order valence-corrected chi connectivity index (χ2v) is 10.7. The van der Waals surface area contributed by atoms with Gasteiger partial charge in [0, 0.05) is 50.3 Å². The number of nitrogens with one attached hydrogen (secondary N) is 1. The van der Waals surface area contributed by atoms with Gasteiger partial charge in [0.05, 0.1) is 30.5 Å². The molecule has 0 saturated carbocycles. The van der Waals surface area contributed by atoms with Gasteiger partial charge in [0.1, 0.15) is 22.2 Å². The number of pyridine rings is 2. The molecule has 6 heterocycles. The van der Waals surface area contributed by atoms with Crippen molar-refractivity contribution in [2.45, 2.75) is 13.8 Å². The summed E-state index contributed by atoms with van der Waals surface area (Å²) in [5.74, 6) is 2.36. The number of thiophene rings is 1. The van der Waals surface area contributed by atoms with E-state index in [4.69, 9.17) is 14.7 Å². The molecule has 0 aliphatic carbocycles. The van der Waals surface area contributed by atoms with E-state index in [1.807, 2.05) is 35.4 Å². The van der Waals surface area contributed by atoms with Crippen molar-refractivity contribution >= 4 is 50.7 Å². The highest BCUT2D eigenvalue weighted by Gasteiger charge is 2.26. The first-order valence-corrected chi connectivity index (χ1v) is 13.7. The SMILES string of the molecule is Cc1sc2nc(N3CCN(C(=O)c4ccccn4)CC3)nc(Nc3ccc(N4CCOCC4)nc3)c2c1C. The number of anilines is 4. The fraction of sp³-hybridized carbons (Fsp3) is 0.370. The Morgan fingerprint density at radius 1 is 0.947 bits per heavy atom. The van der Waals surface area contributed by atoms with Crippen LogP contribution in [0.5, 0.6) is 0 Å². The minimum atomic E-state index is -0.0403. The summed E-state index contributed by atoms with van der Waals surface area (Å²) >= 11 is 1.68. The summed E-state index contributed by atoms with van der Waals surface area (Å²) in [6.07, 6.45) is 3.51. The molecule has 38 heavy (non-hydrogen) atoms. The van der Waals surface area contributed by atoms with E-state index in [0.717, 1.165) is 53.8 Å². The molecule has 0 bridgehead atoms. The molecule has 2 fully saturated rings.